The van der Waals surface area contributed by atoms with Gasteiger partial charge in [-0.05, 0) is 49.9 Å². The van der Waals surface area contributed by atoms with E-state index >= 15 is 0 Å². The van der Waals surface area contributed by atoms with Crippen LogP contribution >= 0.6 is 0 Å². The van der Waals surface area contributed by atoms with Crippen LogP contribution < -0.4 is 16.2 Å². The first-order valence-corrected chi connectivity index (χ1v) is 10.8. The van der Waals surface area contributed by atoms with E-state index in [-0.39, 0.29) is 11.9 Å². The second kappa shape index (κ2) is 11.4. The van der Waals surface area contributed by atoms with Crippen molar-refractivity contribution >= 4 is 16.8 Å². The number of nitrogens with zero attached hydrogens (tertiary/aromatic N) is 2. The number of nitrogens with two attached hydrogens (primary N) is 2. The number of benzene rings is 2. The number of pyridine rings is 1. The molecule has 164 valence electrons. The van der Waals surface area contributed by atoms with E-state index in [1.165, 1.54) is 5.56 Å². The van der Waals surface area contributed by atoms with E-state index in [1.54, 1.807) is 18.1 Å². The molecule has 0 bridgehead atoms. The number of fused-ring (bicyclic) bond motifs is 1. The largest absolute Gasteiger partial charge is 0.490 e. The van der Waals surface area contributed by atoms with Crippen LogP contribution in [0.4, 0.5) is 0 Å². The average Bonchev–Trinajstić information content (AvgIpc) is 2.82. The summed E-state index contributed by atoms with van der Waals surface area (Å²) in [6, 6.07) is 19.3. The summed E-state index contributed by atoms with van der Waals surface area (Å²) in [5, 5.41) is 1.02. The van der Waals surface area contributed by atoms with Crippen molar-refractivity contribution in [2.75, 3.05) is 20.2 Å². The van der Waals surface area contributed by atoms with Crippen molar-refractivity contribution in [3.05, 3.63) is 72.4 Å². The molecule has 0 radical (unpaired) electrons. The van der Waals surface area contributed by atoms with Crippen LogP contribution in [0, 0.1) is 0 Å². The number of aryl methyl sites for hydroxylation is 1. The summed E-state index contributed by atoms with van der Waals surface area (Å²) in [6.07, 6.45) is 4.66. The highest BCUT2D eigenvalue weighted by Crippen LogP contribution is 2.19. The Kier molecular flexibility index (Phi) is 8.38. The molecule has 3 rings (SSSR count). The molecule has 2 aromatic carbocycles. The fourth-order valence-electron chi connectivity index (χ4n) is 3.60. The molecule has 0 aliphatic heterocycles. The zero-order valence-electron chi connectivity index (χ0n) is 18.1. The van der Waals surface area contributed by atoms with Crippen LogP contribution in [0.1, 0.15) is 24.8 Å². The van der Waals surface area contributed by atoms with E-state index in [4.69, 9.17) is 16.2 Å². The van der Waals surface area contributed by atoms with Gasteiger partial charge in [-0.3, -0.25) is 9.78 Å². The molecule has 0 aliphatic carbocycles. The molecule has 0 fully saturated rings. The zero-order chi connectivity index (χ0) is 22.1. The maximum atomic E-state index is 13.0. The van der Waals surface area contributed by atoms with Crippen molar-refractivity contribution in [1.29, 1.82) is 0 Å². The van der Waals surface area contributed by atoms with Crippen molar-refractivity contribution in [2.45, 2.75) is 37.8 Å². The summed E-state index contributed by atoms with van der Waals surface area (Å²) in [6.45, 7) is 0.934. The average molecular weight is 421 g/mol. The Bertz CT molecular complexity index is 964. The number of hydrogen-bond acceptors (Lipinski definition) is 5. The number of amides is 1. The number of carbonyl (C=O) groups is 1. The van der Waals surface area contributed by atoms with Gasteiger partial charge in [-0.1, -0.05) is 48.5 Å². The van der Waals surface area contributed by atoms with Crippen LogP contribution in [0.15, 0.2) is 66.9 Å². The summed E-state index contributed by atoms with van der Waals surface area (Å²) in [7, 11) is 1.80. The third kappa shape index (κ3) is 6.51. The molecular formula is C25H32N4O2. The van der Waals surface area contributed by atoms with Gasteiger partial charge in [0.05, 0.1) is 23.8 Å². The lowest BCUT2D eigenvalue weighted by Gasteiger charge is -2.30. The fourth-order valence-corrected chi connectivity index (χ4v) is 3.60. The predicted octanol–water partition coefficient (Wildman–Crippen LogP) is 3.14. The number of para-hydroxylation sites is 1. The normalized spacial score (nSPS) is 13.0. The van der Waals surface area contributed by atoms with Gasteiger partial charge in [0.2, 0.25) is 5.91 Å². The lowest BCUT2D eigenvalue weighted by Crippen LogP contribution is -2.48. The van der Waals surface area contributed by atoms with Gasteiger partial charge in [0.25, 0.3) is 0 Å². The van der Waals surface area contributed by atoms with E-state index in [9.17, 15) is 4.79 Å². The third-order valence-electron chi connectivity index (χ3n) is 5.55. The molecule has 31 heavy (non-hydrogen) atoms. The van der Waals surface area contributed by atoms with Gasteiger partial charge in [-0.15, -0.1) is 0 Å². The second-order valence-corrected chi connectivity index (χ2v) is 7.84. The third-order valence-corrected chi connectivity index (χ3v) is 5.55. The van der Waals surface area contributed by atoms with E-state index in [0.717, 1.165) is 30.2 Å². The fraction of sp³-hybridized carbons (Fsp3) is 0.360. The van der Waals surface area contributed by atoms with Crippen molar-refractivity contribution in [2.24, 2.45) is 11.5 Å². The molecule has 0 saturated carbocycles. The first kappa shape index (κ1) is 22.7. The number of aromatic nitrogens is 1. The molecule has 6 nitrogen and oxygen atoms in total. The molecule has 0 unspecified atom stereocenters. The van der Waals surface area contributed by atoms with Gasteiger partial charge in [-0.25, -0.2) is 0 Å². The van der Waals surface area contributed by atoms with Gasteiger partial charge in [0.15, 0.2) is 0 Å². The summed E-state index contributed by atoms with van der Waals surface area (Å²) in [4.78, 5) is 19.1. The summed E-state index contributed by atoms with van der Waals surface area (Å²) in [5.74, 6) is 0.615. The van der Waals surface area contributed by atoms with Crippen molar-refractivity contribution in [3.63, 3.8) is 0 Å². The number of ether oxygens (including phenoxy) is 1. The Balaban J connectivity index is 1.60. The zero-order valence-corrected chi connectivity index (χ0v) is 18.1. The Morgan fingerprint density at radius 1 is 1.10 bits per heavy atom. The molecule has 1 amide bonds. The SMILES string of the molecule is CN(C(=O)[C@@H](N)CCc1ccccc1)[C@@H](CCCN)COc1cnc2ccccc2c1. The van der Waals surface area contributed by atoms with Gasteiger partial charge in [0, 0.05) is 12.4 Å². The number of hydrogen-bond donors (Lipinski definition) is 2. The molecule has 3 aromatic rings. The van der Waals surface area contributed by atoms with Crippen molar-refractivity contribution in [1.82, 2.24) is 9.88 Å². The minimum absolute atomic E-state index is 0.0711. The quantitative estimate of drug-likeness (QED) is 0.497. The summed E-state index contributed by atoms with van der Waals surface area (Å²) >= 11 is 0. The molecular weight excluding hydrogens is 388 g/mol. The van der Waals surface area contributed by atoms with Crippen molar-refractivity contribution in [3.8, 4) is 5.75 Å². The smallest absolute Gasteiger partial charge is 0.239 e. The van der Waals surface area contributed by atoms with Crippen LogP contribution in [0.2, 0.25) is 0 Å². The van der Waals surface area contributed by atoms with Crippen molar-refractivity contribution < 1.29 is 9.53 Å². The molecule has 1 aromatic heterocycles. The topological polar surface area (TPSA) is 94.5 Å². The first-order valence-electron chi connectivity index (χ1n) is 10.8. The maximum absolute atomic E-state index is 13.0. The van der Waals surface area contributed by atoms with Crippen LogP contribution in [-0.2, 0) is 11.2 Å². The van der Waals surface area contributed by atoms with Crippen LogP contribution in [0.3, 0.4) is 0 Å². The monoisotopic (exact) mass is 420 g/mol. The maximum Gasteiger partial charge on any atom is 0.239 e. The van der Waals surface area contributed by atoms with Gasteiger partial charge in [-0.2, -0.15) is 0 Å². The molecule has 0 spiro atoms. The highest BCUT2D eigenvalue weighted by molar-refractivity contribution is 5.81. The first-order chi connectivity index (χ1) is 15.1. The van der Waals surface area contributed by atoms with Gasteiger partial charge < -0.3 is 21.1 Å². The summed E-state index contributed by atoms with van der Waals surface area (Å²) in [5.41, 5.74) is 14.1. The second-order valence-electron chi connectivity index (χ2n) is 7.84. The Morgan fingerprint density at radius 3 is 2.61 bits per heavy atom. The minimum atomic E-state index is -0.548. The van der Waals surface area contributed by atoms with E-state index in [1.807, 2.05) is 48.5 Å². The van der Waals surface area contributed by atoms with Crippen LogP contribution in [0.5, 0.6) is 5.75 Å². The highest BCUT2D eigenvalue weighted by atomic mass is 16.5. The summed E-state index contributed by atoms with van der Waals surface area (Å²) < 4.78 is 6.02. The lowest BCUT2D eigenvalue weighted by atomic mass is 10.0. The lowest BCUT2D eigenvalue weighted by molar-refractivity contribution is -0.134. The molecule has 6 heteroatoms. The van der Waals surface area contributed by atoms with Gasteiger partial charge >= 0.3 is 0 Å². The van der Waals surface area contributed by atoms with Crippen LogP contribution in [0.25, 0.3) is 10.9 Å². The van der Waals surface area contributed by atoms with E-state index < -0.39 is 6.04 Å². The molecule has 2 atom stereocenters. The number of carbonyl (C=O) groups excluding carboxylic acids is 1. The highest BCUT2D eigenvalue weighted by Gasteiger charge is 2.25. The molecule has 4 N–H and O–H groups in total. The Hall–Kier alpha value is -2.96. The van der Waals surface area contributed by atoms with E-state index in [2.05, 4.69) is 17.1 Å². The molecule has 0 saturated heterocycles. The Morgan fingerprint density at radius 2 is 1.84 bits per heavy atom. The number of rotatable bonds is 11. The molecule has 0 aliphatic rings. The molecule has 1 heterocycles. The standard InChI is InChI=1S/C25H32N4O2/c1-29(25(30)23(27)14-13-19-8-3-2-4-9-19)21(11-7-15-26)18-31-22-16-20-10-5-6-12-24(20)28-17-22/h2-6,8-10,12,16-17,21,23H,7,11,13-15,18,26-27H2,1H3/t21-,23-/m0/s1. The van der Waals surface area contributed by atoms with E-state index in [0.29, 0.717) is 25.3 Å². The predicted molar refractivity (Wildman–Crippen MR) is 125 cm³/mol. The number of likely N-dealkylation sites (N-methyl/N-ethyl adjacent to an activating group) is 1. The Labute approximate surface area is 184 Å². The minimum Gasteiger partial charge on any atom is -0.490 e. The van der Waals surface area contributed by atoms with Crippen LogP contribution in [-0.4, -0.2) is 48.1 Å². The van der Waals surface area contributed by atoms with Gasteiger partial charge in [0.1, 0.15) is 12.4 Å².